The first kappa shape index (κ1) is 16.5. The lowest BCUT2D eigenvalue weighted by atomic mass is 9.98. The monoisotopic (exact) mass is 291 g/mol. The topological polar surface area (TPSA) is 32.7 Å². The van der Waals surface area contributed by atoms with Crippen LogP contribution < -0.4 is 0 Å². The molecule has 1 fully saturated rings. The molecular weight excluding hydrogens is 262 g/mol. The second-order valence-corrected chi connectivity index (χ2v) is 6.30. The Morgan fingerprint density at radius 1 is 1.33 bits per heavy atom. The fourth-order valence-electron chi connectivity index (χ4n) is 3.00. The van der Waals surface area contributed by atoms with Crippen molar-refractivity contribution in [2.24, 2.45) is 5.92 Å². The quantitative estimate of drug-likeness (QED) is 0.874. The van der Waals surface area contributed by atoms with E-state index in [-0.39, 0.29) is 6.04 Å². The van der Waals surface area contributed by atoms with Gasteiger partial charge >= 0.3 is 0 Å². The molecular formula is C18H29NO2. The zero-order valence-corrected chi connectivity index (χ0v) is 13.6. The van der Waals surface area contributed by atoms with Crippen LogP contribution in [0.1, 0.15) is 43.9 Å². The van der Waals surface area contributed by atoms with Crippen molar-refractivity contribution in [3.63, 3.8) is 0 Å². The van der Waals surface area contributed by atoms with Gasteiger partial charge in [-0.1, -0.05) is 31.2 Å². The van der Waals surface area contributed by atoms with Gasteiger partial charge < -0.3 is 14.7 Å². The Bertz CT molecular complexity index is 412. The Morgan fingerprint density at radius 2 is 2.05 bits per heavy atom. The molecule has 0 aromatic heterocycles. The Hall–Kier alpha value is -0.900. The lowest BCUT2D eigenvalue weighted by molar-refractivity contribution is 0.0176. The van der Waals surface area contributed by atoms with E-state index in [4.69, 9.17) is 4.74 Å². The number of hydrogen-bond donors (Lipinski definition) is 1. The van der Waals surface area contributed by atoms with Crippen LogP contribution in [0.5, 0.6) is 0 Å². The van der Waals surface area contributed by atoms with Crippen LogP contribution >= 0.6 is 0 Å². The van der Waals surface area contributed by atoms with Gasteiger partial charge in [0.1, 0.15) is 0 Å². The van der Waals surface area contributed by atoms with Crippen LogP contribution in [0.15, 0.2) is 24.3 Å². The van der Waals surface area contributed by atoms with Crippen molar-refractivity contribution in [3.8, 4) is 0 Å². The molecule has 1 aliphatic heterocycles. The van der Waals surface area contributed by atoms with Crippen molar-refractivity contribution in [2.75, 3.05) is 26.8 Å². The lowest BCUT2D eigenvalue weighted by Gasteiger charge is -2.33. The summed E-state index contributed by atoms with van der Waals surface area (Å²) < 4.78 is 5.54. The van der Waals surface area contributed by atoms with E-state index >= 15 is 0 Å². The molecule has 3 heteroatoms. The molecule has 1 aliphatic rings. The molecule has 0 spiro atoms. The molecule has 2 rings (SSSR count). The van der Waals surface area contributed by atoms with Crippen LogP contribution in [-0.4, -0.2) is 42.9 Å². The number of aryl methyl sites for hydroxylation is 1. The van der Waals surface area contributed by atoms with Crippen LogP contribution in [0.3, 0.4) is 0 Å². The molecule has 0 aliphatic carbocycles. The van der Waals surface area contributed by atoms with Gasteiger partial charge in [-0.15, -0.1) is 0 Å². The van der Waals surface area contributed by atoms with Gasteiger partial charge in [0.15, 0.2) is 0 Å². The van der Waals surface area contributed by atoms with Crippen LogP contribution in [0.4, 0.5) is 0 Å². The van der Waals surface area contributed by atoms with Crippen molar-refractivity contribution in [1.82, 2.24) is 4.90 Å². The zero-order chi connectivity index (χ0) is 15.2. The number of benzene rings is 1. The molecule has 3 unspecified atom stereocenters. The Morgan fingerprint density at radius 3 is 2.62 bits per heavy atom. The first-order chi connectivity index (χ1) is 10.1. The van der Waals surface area contributed by atoms with Crippen LogP contribution in [0, 0.1) is 5.92 Å². The van der Waals surface area contributed by atoms with Crippen molar-refractivity contribution < 1.29 is 9.84 Å². The van der Waals surface area contributed by atoms with Gasteiger partial charge in [0.25, 0.3) is 0 Å². The highest BCUT2D eigenvalue weighted by Crippen LogP contribution is 2.23. The number of rotatable bonds is 6. The van der Waals surface area contributed by atoms with Gasteiger partial charge in [-0.2, -0.15) is 0 Å². The highest BCUT2D eigenvalue weighted by Gasteiger charge is 2.24. The van der Waals surface area contributed by atoms with Crippen LogP contribution in [0.25, 0.3) is 0 Å². The van der Waals surface area contributed by atoms with Crippen molar-refractivity contribution in [3.05, 3.63) is 35.4 Å². The summed E-state index contributed by atoms with van der Waals surface area (Å²) in [6, 6.07) is 8.44. The maximum atomic E-state index is 10.6. The summed E-state index contributed by atoms with van der Waals surface area (Å²) >= 11 is 0. The van der Waals surface area contributed by atoms with Crippen LogP contribution in [-0.2, 0) is 11.2 Å². The number of ether oxygens (including phenoxy) is 1. The first-order valence-electron chi connectivity index (χ1n) is 8.16. The second-order valence-electron chi connectivity index (χ2n) is 6.30. The SMILES string of the molecule is CCc1ccc(C(O)C(C)N(C)CC2CCCOC2)cc1. The summed E-state index contributed by atoms with van der Waals surface area (Å²) in [5, 5.41) is 10.6. The Kier molecular flexibility index (Phi) is 6.22. The normalized spacial score (nSPS) is 22.2. The van der Waals surface area contributed by atoms with Gasteiger partial charge in [-0.3, -0.25) is 0 Å². The number of aliphatic hydroxyl groups excluding tert-OH is 1. The minimum atomic E-state index is -0.439. The number of aliphatic hydroxyl groups is 1. The molecule has 1 aromatic rings. The average molecular weight is 291 g/mol. The van der Waals surface area contributed by atoms with Gasteiger partial charge in [0, 0.05) is 19.2 Å². The third-order valence-corrected chi connectivity index (χ3v) is 4.68. The summed E-state index contributed by atoms with van der Waals surface area (Å²) in [7, 11) is 2.10. The number of likely N-dealkylation sites (N-methyl/N-ethyl adjacent to an activating group) is 1. The standard InChI is InChI=1S/C18H29NO2/c1-4-15-7-9-17(10-8-15)18(20)14(2)19(3)12-16-6-5-11-21-13-16/h7-10,14,16,18,20H,4-6,11-13H2,1-3H3. The third-order valence-electron chi connectivity index (χ3n) is 4.68. The molecule has 0 amide bonds. The minimum Gasteiger partial charge on any atom is -0.387 e. The molecule has 1 saturated heterocycles. The van der Waals surface area contributed by atoms with Gasteiger partial charge in [-0.25, -0.2) is 0 Å². The lowest BCUT2D eigenvalue weighted by Crippen LogP contribution is -2.39. The second kappa shape index (κ2) is 7.92. The molecule has 0 radical (unpaired) electrons. The van der Waals surface area contributed by atoms with E-state index in [9.17, 15) is 5.11 Å². The molecule has 1 aromatic carbocycles. The van der Waals surface area contributed by atoms with E-state index in [0.29, 0.717) is 5.92 Å². The van der Waals surface area contributed by atoms with E-state index in [1.54, 1.807) is 0 Å². The molecule has 118 valence electrons. The van der Waals surface area contributed by atoms with Crippen molar-refractivity contribution in [2.45, 2.75) is 45.3 Å². The molecule has 3 nitrogen and oxygen atoms in total. The average Bonchev–Trinajstić information content (AvgIpc) is 2.54. The number of nitrogens with zero attached hydrogens (tertiary/aromatic N) is 1. The summed E-state index contributed by atoms with van der Waals surface area (Å²) in [4.78, 5) is 2.26. The van der Waals surface area contributed by atoms with E-state index < -0.39 is 6.10 Å². The third kappa shape index (κ3) is 4.53. The molecule has 1 heterocycles. The van der Waals surface area contributed by atoms with E-state index in [2.05, 4.69) is 50.1 Å². The highest BCUT2D eigenvalue weighted by atomic mass is 16.5. The smallest absolute Gasteiger partial charge is 0.0942 e. The molecule has 0 bridgehead atoms. The predicted molar refractivity (Wildman–Crippen MR) is 86.4 cm³/mol. The van der Waals surface area contributed by atoms with E-state index in [1.165, 1.54) is 12.0 Å². The fourth-order valence-corrected chi connectivity index (χ4v) is 3.00. The Labute approximate surface area is 128 Å². The Balaban J connectivity index is 1.91. The van der Waals surface area contributed by atoms with Crippen LogP contribution in [0.2, 0.25) is 0 Å². The highest BCUT2D eigenvalue weighted by molar-refractivity contribution is 5.24. The van der Waals surface area contributed by atoms with Crippen molar-refractivity contribution >= 4 is 0 Å². The maximum absolute atomic E-state index is 10.6. The summed E-state index contributed by atoms with van der Waals surface area (Å²) in [5.41, 5.74) is 2.32. The van der Waals surface area contributed by atoms with Gasteiger partial charge in [0.2, 0.25) is 0 Å². The first-order valence-corrected chi connectivity index (χ1v) is 8.16. The van der Waals surface area contributed by atoms with E-state index in [0.717, 1.165) is 38.2 Å². The minimum absolute atomic E-state index is 0.111. The zero-order valence-electron chi connectivity index (χ0n) is 13.6. The summed E-state index contributed by atoms with van der Waals surface area (Å²) in [6.07, 6.45) is 2.99. The molecule has 21 heavy (non-hydrogen) atoms. The molecule has 1 N–H and O–H groups in total. The van der Waals surface area contributed by atoms with Gasteiger partial charge in [0.05, 0.1) is 12.7 Å². The predicted octanol–water partition coefficient (Wildman–Crippen LogP) is 3.03. The summed E-state index contributed by atoms with van der Waals surface area (Å²) in [6.45, 7) is 7.00. The van der Waals surface area contributed by atoms with Crippen molar-refractivity contribution in [1.29, 1.82) is 0 Å². The van der Waals surface area contributed by atoms with Gasteiger partial charge in [-0.05, 0) is 50.3 Å². The largest absolute Gasteiger partial charge is 0.387 e. The molecule has 0 saturated carbocycles. The summed E-state index contributed by atoms with van der Waals surface area (Å²) in [5.74, 6) is 0.598. The maximum Gasteiger partial charge on any atom is 0.0942 e. The van der Waals surface area contributed by atoms with E-state index in [1.807, 2.05) is 0 Å². The number of hydrogen-bond acceptors (Lipinski definition) is 3. The fraction of sp³-hybridized carbons (Fsp3) is 0.667. The molecule has 3 atom stereocenters.